The normalized spacial score (nSPS) is 10.2. The minimum Gasteiger partial charge on any atom is -0.484 e. The molecule has 5 nitrogen and oxygen atoms in total. The molecular formula is C18H19BrN2O3. The Bertz CT molecular complexity index is 775. The number of rotatable bonds is 5. The molecule has 2 aromatic carbocycles. The number of anilines is 2. The first kappa shape index (κ1) is 18.0. The van der Waals surface area contributed by atoms with Crippen LogP contribution < -0.4 is 15.4 Å². The van der Waals surface area contributed by atoms with Crippen molar-refractivity contribution in [3.05, 3.63) is 52.0 Å². The van der Waals surface area contributed by atoms with E-state index in [0.29, 0.717) is 17.1 Å². The molecule has 0 fully saturated rings. The third kappa shape index (κ3) is 5.09. The fourth-order valence-electron chi connectivity index (χ4n) is 2.08. The Kier molecular flexibility index (Phi) is 5.98. The zero-order valence-corrected chi connectivity index (χ0v) is 15.4. The highest BCUT2D eigenvalue weighted by molar-refractivity contribution is 9.10. The molecule has 0 spiro atoms. The van der Waals surface area contributed by atoms with Crippen molar-refractivity contribution in [1.82, 2.24) is 0 Å². The standard InChI is InChI=1S/C18H19BrN2O3/c1-11-4-5-14(9-17(11)20-13(3)22)21-18(23)10-24-15-6-7-16(19)12(2)8-15/h4-9H,10H2,1-3H3,(H,20,22)(H,21,23). The molecule has 126 valence electrons. The maximum atomic E-state index is 12.0. The maximum Gasteiger partial charge on any atom is 0.262 e. The van der Waals surface area contributed by atoms with E-state index in [1.54, 1.807) is 18.2 Å². The van der Waals surface area contributed by atoms with Gasteiger partial charge >= 0.3 is 0 Å². The van der Waals surface area contributed by atoms with Crippen LogP contribution in [0.3, 0.4) is 0 Å². The Balaban J connectivity index is 1.96. The van der Waals surface area contributed by atoms with Crippen LogP contribution in [0.4, 0.5) is 11.4 Å². The molecular weight excluding hydrogens is 372 g/mol. The lowest BCUT2D eigenvalue weighted by molar-refractivity contribution is -0.118. The fourth-order valence-corrected chi connectivity index (χ4v) is 2.32. The summed E-state index contributed by atoms with van der Waals surface area (Å²) in [6, 6.07) is 10.9. The van der Waals surface area contributed by atoms with Crippen molar-refractivity contribution in [3.8, 4) is 5.75 Å². The highest BCUT2D eigenvalue weighted by Gasteiger charge is 2.07. The maximum absolute atomic E-state index is 12.0. The van der Waals surface area contributed by atoms with Gasteiger partial charge in [-0.05, 0) is 55.3 Å². The van der Waals surface area contributed by atoms with E-state index >= 15 is 0 Å². The van der Waals surface area contributed by atoms with Crippen LogP contribution in [0, 0.1) is 13.8 Å². The number of hydrogen-bond donors (Lipinski definition) is 2. The number of carbonyl (C=O) groups excluding carboxylic acids is 2. The van der Waals surface area contributed by atoms with Crippen molar-refractivity contribution in [3.63, 3.8) is 0 Å². The molecule has 0 aliphatic carbocycles. The van der Waals surface area contributed by atoms with Gasteiger partial charge in [0.2, 0.25) is 5.91 Å². The average Bonchev–Trinajstić information content (AvgIpc) is 2.51. The second-order valence-corrected chi connectivity index (χ2v) is 6.31. The third-order valence-corrected chi connectivity index (χ3v) is 4.22. The topological polar surface area (TPSA) is 67.4 Å². The molecule has 24 heavy (non-hydrogen) atoms. The molecule has 6 heteroatoms. The van der Waals surface area contributed by atoms with Gasteiger partial charge in [-0.2, -0.15) is 0 Å². The Morgan fingerprint density at radius 1 is 1.04 bits per heavy atom. The summed E-state index contributed by atoms with van der Waals surface area (Å²) in [6.45, 7) is 5.19. The lowest BCUT2D eigenvalue weighted by atomic mass is 10.1. The summed E-state index contributed by atoms with van der Waals surface area (Å²) in [4.78, 5) is 23.2. The number of ether oxygens (including phenoxy) is 1. The summed E-state index contributed by atoms with van der Waals surface area (Å²) < 4.78 is 6.48. The molecule has 2 rings (SSSR count). The number of benzene rings is 2. The molecule has 2 amide bonds. The van der Waals surface area contributed by atoms with Gasteiger partial charge < -0.3 is 15.4 Å². The van der Waals surface area contributed by atoms with Crippen molar-refractivity contribution < 1.29 is 14.3 Å². The van der Waals surface area contributed by atoms with E-state index in [9.17, 15) is 9.59 Å². The van der Waals surface area contributed by atoms with Crippen LogP contribution in [0.1, 0.15) is 18.1 Å². The van der Waals surface area contributed by atoms with Gasteiger partial charge in [-0.1, -0.05) is 22.0 Å². The number of hydrogen-bond acceptors (Lipinski definition) is 3. The minimum absolute atomic E-state index is 0.0928. The van der Waals surface area contributed by atoms with Gasteiger partial charge in [-0.15, -0.1) is 0 Å². The SMILES string of the molecule is CC(=O)Nc1cc(NC(=O)COc2ccc(Br)c(C)c2)ccc1C. The van der Waals surface area contributed by atoms with Gasteiger partial charge in [0.25, 0.3) is 5.91 Å². The van der Waals surface area contributed by atoms with Gasteiger partial charge in [0.05, 0.1) is 0 Å². The lowest BCUT2D eigenvalue weighted by Gasteiger charge is -2.11. The number of carbonyl (C=O) groups is 2. The van der Waals surface area contributed by atoms with E-state index in [1.165, 1.54) is 6.92 Å². The van der Waals surface area contributed by atoms with E-state index in [-0.39, 0.29) is 18.4 Å². The number of nitrogens with one attached hydrogen (secondary N) is 2. The van der Waals surface area contributed by atoms with Crippen LogP contribution in [-0.4, -0.2) is 18.4 Å². The Labute approximate surface area is 149 Å². The largest absolute Gasteiger partial charge is 0.484 e. The summed E-state index contributed by atoms with van der Waals surface area (Å²) in [6.07, 6.45) is 0. The second-order valence-electron chi connectivity index (χ2n) is 5.46. The van der Waals surface area contributed by atoms with Crippen LogP contribution in [0.2, 0.25) is 0 Å². The monoisotopic (exact) mass is 390 g/mol. The molecule has 0 saturated carbocycles. The molecule has 0 aliphatic rings. The molecule has 0 radical (unpaired) electrons. The molecule has 0 atom stereocenters. The quantitative estimate of drug-likeness (QED) is 0.809. The minimum atomic E-state index is -0.270. The van der Waals surface area contributed by atoms with E-state index < -0.39 is 0 Å². The number of aryl methyl sites for hydroxylation is 2. The summed E-state index contributed by atoms with van der Waals surface area (Å²) in [5.41, 5.74) is 3.23. The van der Waals surface area contributed by atoms with Crippen LogP contribution in [0.25, 0.3) is 0 Å². The average molecular weight is 391 g/mol. The van der Waals surface area contributed by atoms with Crippen molar-refractivity contribution in [2.75, 3.05) is 17.2 Å². The summed E-state index contributed by atoms with van der Waals surface area (Å²) in [7, 11) is 0. The molecule has 0 heterocycles. The summed E-state index contributed by atoms with van der Waals surface area (Å²) in [5, 5.41) is 5.48. The predicted molar refractivity (Wildman–Crippen MR) is 98.5 cm³/mol. The highest BCUT2D eigenvalue weighted by Crippen LogP contribution is 2.22. The first-order valence-corrected chi connectivity index (χ1v) is 8.21. The Hall–Kier alpha value is -2.34. The predicted octanol–water partition coefficient (Wildman–Crippen LogP) is 4.04. The molecule has 0 unspecified atom stereocenters. The molecule has 2 N–H and O–H groups in total. The van der Waals surface area contributed by atoms with Crippen LogP contribution in [-0.2, 0) is 9.59 Å². The summed E-state index contributed by atoms with van der Waals surface area (Å²) in [5.74, 6) is 0.206. The molecule has 0 saturated heterocycles. The zero-order chi connectivity index (χ0) is 17.7. The highest BCUT2D eigenvalue weighted by atomic mass is 79.9. The van der Waals surface area contributed by atoms with Gasteiger partial charge in [-0.3, -0.25) is 9.59 Å². The molecule has 2 aromatic rings. The van der Waals surface area contributed by atoms with Crippen LogP contribution in [0.5, 0.6) is 5.75 Å². The van der Waals surface area contributed by atoms with Gasteiger partial charge in [0.15, 0.2) is 6.61 Å². The van der Waals surface area contributed by atoms with E-state index in [0.717, 1.165) is 15.6 Å². The smallest absolute Gasteiger partial charge is 0.262 e. The number of halogens is 1. The van der Waals surface area contributed by atoms with Crippen molar-refractivity contribution in [1.29, 1.82) is 0 Å². The van der Waals surface area contributed by atoms with E-state index in [2.05, 4.69) is 26.6 Å². The number of amides is 2. The van der Waals surface area contributed by atoms with Crippen molar-refractivity contribution in [2.24, 2.45) is 0 Å². The van der Waals surface area contributed by atoms with Crippen molar-refractivity contribution >= 4 is 39.1 Å². The van der Waals surface area contributed by atoms with Gasteiger partial charge in [0, 0.05) is 22.8 Å². The van der Waals surface area contributed by atoms with E-state index in [1.807, 2.05) is 32.0 Å². The van der Waals surface area contributed by atoms with Crippen LogP contribution in [0.15, 0.2) is 40.9 Å². The zero-order valence-electron chi connectivity index (χ0n) is 13.8. The summed E-state index contributed by atoms with van der Waals surface area (Å²) >= 11 is 3.42. The van der Waals surface area contributed by atoms with Crippen LogP contribution >= 0.6 is 15.9 Å². The lowest BCUT2D eigenvalue weighted by Crippen LogP contribution is -2.20. The Morgan fingerprint density at radius 2 is 1.79 bits per heavy atom. The van der Waals surface area contributed by atoms with Gasteiger partial charge in [-0.25, -0.2) is 0 Å². The fraction of sp³-hybridized carbons (Fsp3) is 0.222. The molecule has 0 bridgehead atoms. The second kappa shape index (κ2) is 7.97. The molecule has 0 aromatic heterocycles. The van der Waals surface area contributed by atoms with E-state index in [4.69, 9.17) is 4.74 Å². The molecule has 0 aliphatic heterocycles. The third-order valence-electron chi connectivity index (χ3n) is 3.33. The van der Waals surface area contributed by atoms with Gasteiger partial charge in [0.1, 0.15) is 5.75 Å². The van der Waals surface area contributed by atoms with Crippen molar-refractivity contribution in [2.45, 2.75) is 20.8 Å². The first-order valence-electron chi connectivity index (χ1n) is 7.42. The Morgan fingerprint density at radius 3 is 2.46 bits per heavy atom. The first-order chi connectivity index (χ1) is 11.3.